The molecule has 0 bridgehead atoms. The Hall–Kier alpha value is -2.53. The number of rotatable bonds is 6. The first kappa shape index (κ1) is 20.8. The van der Waals surface area contributed by atoms with E-state index in [0.717, 1.165) is 27.9 Å². The number of hydrogen-bond acceptors (Lipinski definition) is 4. The van der Waals surface area contributed by atoms with Crippen molar-refractivity contribution in [2.45, 2.75) is 40.7 Å². The van der Waals surface area contributed by atoms with E-state index in [4.69, 9.17) is 21.1 Å². The molecule has 0 saturated heterocycles. The van der Waals surface area contributed by atoms with Gasteiger partial charge in [-0.1, -0.05) is 29.3 Å². The topological polar surface area (TPSA) is 64.6 Å². The van der Waals surface area contributed by atoms with Crippen molar-refractivity contribution in [2.75, 3.05) is 11.9 Å². The van der Waals surface area contributed by atoms with Crippen LogP contribution in [-0.4, -0.2) is 24.6 Å². The summed E-state index contributed by atoms with van der Waals surface area (Å²) >= 11 is 5.91. The van der Waals surface area contributed by atoms with E-state index in [1.807, 2.05) is 39.8 Å². The molecule has 5 nitrogen and oxygen atoms in total. The molecule has 0 aliphatic carbocycles. The molecule has 2 aromatic rings. The number of benzene rings is 2. The Morgan fingerprint density at radius 1 is 1.04 bits per heavy atom. The summed E-state index contributed by atoms with van der Waals surface area (Å²) in [6.07, 6.45) is -0.847. The van der Waals surface area contributed by atoms with Gasteiger partial charge in [0.1, 0.15) is 5.75 Å². The second-order valence-electron chi connectivity index (χ2n) is 6.60. The lowest BCUT2D eigenvalue weighted by atomic mass is 10.1. The van der Waals surface area contributed by atoms with Gasteiger partial charge in [0, 0.05) is 10.7 Å². The van der Waals surface area contributed by atoms with Crippen molar-refractivity contribution in [3.05, 3.63) is 57.6 Å². The van der Waals surface area contributed by atoms with Crippen LogP contribution in [0.15, 0.2) is 30.3 Å². The van der Waals surface area contributed by atoms with Crippen LogP contribution in [-0.2, 0) is 14.3 Å². The molecule has 0 spiro atoms. The summed E-state index contributed by atoms with van der Waals surface area (Å²) in [5.41, 5.74) is 4.59. The average molecular weight is 390 g/mol. The van der Waals surface area contributed by atoms with Crippen molar-refractivity contribution in [2.24, 2.45) is 0 Å². The molecule has 2 rings (SSSR count). The molecule has 0 aliphatic heterocycles. The van der Waals surface area contributed by atoms with Gasteiger partial charge in [0.15, 0.2) is 12.7 Å². The van der Waals surface area contributed by atoms with Crippen LogP contribution in [0.2, 0.25) is 5.02 Å². The van der Waals surface area contributed by atoms with Crippen LogP contribution in [0.1, 0.15) is 29.2 Å². The van der Waals surface area contributed by atoms with Crippen LogP contribution in [0.3, 0.4) is 0 Å². The molecule has 1 atom stereocenters. The Morgan fingerprint density at radius 3 is 2.26 bits per heavy atom. The standard InChI is InChI=1S/C21H24ClNO4/c1-12-8-14(3)20(15(4)9-12)23-19(24)11-26-21(25)16(5)27-18-7-6-17(22)10-13(18)2/h6-10,16H,11H2,1-5H3,(H,23,24). The van der Waals surface area contributed by atoms with Crippen molar-refractivity contribution in [1.82, 2.24) is 0 Å². The van der Waals surface area contributed by atoms with Crippen molar-refractivity contribution in [3.8, 4) is 5.75 Å². The number of ether oxygens (including phenoxy) is 2. The van der Waals surface area contributed by atoms with E-state index in [2.05, 4.69) is 5.32 Å². The maximum Gasteiger partial charge on any atom is 0.347 e. The van der Waals surface area contributed by atoms with Gasteiger partial charge >= 0.3 is 5.97 Å². The molecular weight excluding hydrogens is 366 g/mol. The Labute approximate surface area is 164 Å². The van der Waals surface area contributed by atoms with Crippen molar-refractivity contribution >= 4 is 29.2 Å². The third-order valence-corrected chi connectivity index (χ3v) is 4.29. The Kier molecular flexibility index (Phi) is 6.86. The zero-order valence-corrected chi connectivity index (χ0v) is 16.9. The van der Waals surface area contributed by atoms with E-state index in [0.29, 0.717) is 10.8 Å². The molecule has 1 amide bonds. The first-order valence-corrected chi connectivity index (χ1v) is 9.02. The lowest BCUT2D eigenvalue weighted by molar-refractivity contribution is -0.153. The van der Waals surface area contributed by atoms with Crippen LogP contribution in [0.4, 0.5) is 5.69 Å². The van der Waals surface area contributed by atoms with Crippen LogP contribution >= 0.6 is 11.6 Å². The summed E-state index contributed by atoms with van der Waals surface area (Å²) < 4.78 is 10.7. The number of halogens is 1. The van der Waals surface area contributed by atoms with Crippen molar-refractivity contribution in [3.63, 3.8) is 0 Å². The van der Waals surface area contributed by atoms with Gasteiger partial charge in [-0.25, -0.2) is 4.79 Å². The minimum Gasteiger partial charge on any atom is -0.479 e. The Balaban J connectivity index is 1.90. The molecule has 0 fully saturated rings. The quantitative estimate of drug-likeness (QED) is 0.737. The number of hydrogen-bond donors (Lipinski definition) is 1. The van der Waals surface area contributed by atoms with Gasteiger partial charge in [-0.15, -0.1) is 0 Å². The number of carbonyl (C=O) groups is 2. The molecular formula is C21H24ClNO4. The van der Waals surface area contributed by atoms with E-state index in [1.54, 1.807) is 25.1 Å². The first-order chi connectivity index (χ1) is 12.7. The predicted molar refractivity (Wildman–Crippen MR) is 107 cm³/mol. The predicted octanol–water partition coefficient (Wildman–Crippen LogP) is 4.52. The van der Waals surface area contributed by atoms with Crippen LogP contribution < -0.4 is 10.1 Å². The molecule has 0 heterocycles. The summed E-state index contributed by atoms with van der Waals surface area (Å²) in [5.74, 6) is -0.468. The van der Waals surface area contributed by atoms with Crippen LogP contribution in [0, 0.1) is 27.7 Å². The van der Waals surface area contributed by atoms with Crippen LogP contribution in [0.5, 0.6) is 5.75 Å². The summed E-state index contributed by atoms with van der Waals surface area (Å²) in [6.45, 7) is 8.87. The summed E-state index contributed by atoms with van der Waals surface area (Å²) in [5, 5.41) is 3.38. The monoisotopic (exact) mass is 389 g/mol. The molecule has 2 aromatic carbocycles. The zero-order valence-electron chi connectivity index (χ0n) is 16.2. The second-order valence-corrected chi connectivity index (χ2v) is 7.04. The maximum atomic E-state index is 12.1. The number of aryl methyl sites for hydroxylation is 4. The number of carbonyl (C=O) groups excluding carboxylic acids is 2. The highest BCUT2D eigenvalue weighted by Crippen LogP contribution is 2.23. The third-order valence-electron chi connectivity index (χ3n) is 4.06. The first-order valence-electron chi connectivity index (χ1n) is 8.64. The maximum absolute atomic E-state index is 12.1. The number of amides is 1. The minimum absolute atomic E-state index is 0.376. The van der Waals surface area contributed by atoms with Crippen LogP contribution in [0.25, 0.3) is 0 Å². The molecule has 0 aliphatic rings. The highest BCUT2D eigenvalue weighted by Gasteiger charge is 2.19. The fraction of sp³-hybridized carbons (Fsp3) is 0.333. The second kappa shape index (κ2) is 8.91. The molecule has 1 N–H and O–H groups in total. The minimum atomic E-state index is -0.847. The zero-order chi connectivity index (χ0) is 20.1. The van der Waals surface area contributed by atoms with E-state index in [9.17, 15) is 9.59 Å². The molecule has 0 radical (unpaired) electrons. The molecule has 6 heteroatoms. The lowest BCUT2D eigenvalue weighted by Crippen LogP contribution is -2.30. The summed E-state index contributed by atoms with van der Waals surface area (Å²) in [4.78, 5) is 24.2. The largest absolute Gasteiger partial charge is 0.479 e. The van der Waals surface area contributed by atoms with E-state index in [-0.39, 0.29) is 6.61 Å². The number of nitrogens with one attached hydrogen (secondary N) is 1. The fourth-order valence-electron chi connectivity index (χ4n) is 2.79. The number of anilines is 1. The van der Waals surface area contributed by atoms with Crippen molar-refractivity contribution in [1.29, 1.82) is 0 Å². The van der Waals surface area contributed by atoms with E-state index in [1.165, 1.54) is 0 Å². The molecule has 1 unspecified atom stereocenters. The molecule has 0 saturated carbocycles. The third kappa shape index (κ3) is 5.73. The van der Waals surface area contributed by atoms with Gasteiger partial charge in [-0.05, 0) is 69.5 Å². The summed E-state index contributed by atoms with van der Waals surface area (Å²) in [6, 6.07) is 9.09. The van der Waals surface area contributed by atoms with Gasteiger partial charge < -0.3 is 14.8 Å². The van der Waals surface area contributed by atoms with Gasteiger partial charge in [-0.3, -0.25) is 4.79 Å². The van der Waals surface area contributed by atoms with E-state index >= 15 is 0 Å². The summed E-state index contributed by atoms with van der Waals surface area (Å²) in [7, 11) is 0. The van der Waals surface area contributed by atoms with Gasteiger partial charge in [0.05, 0.1) is 0 Å². The SMILES string of the molecule is Cc1cc(C)c(NC(=O)COC(=O)C(C)Oc2ccc(Cl)cc2C)c(C)c1. The van der Waals surface area contributed by atoms with Crippen molar-refractivity contribution < 1.29 is 19.1 Å². The Bertz CT molecular complexity index is 840. The van der Waals surface area contributed by atoms with E-state index < -0.39 is 18.0 Å². The van der Waals surface area contributed by atoms with Gasteiger partial charge in [-0.2, -0.15) is 0 Å². The molecule has 27 heavy (non-hydrogen) atoms. The smallest absolute Gasteiger partial charge is 0.347 e. The normalized spacial score (nSPS) is 11.6. The van der Waals surface area contributed by atoms with Gasteiger partial charge in [0.2, 0.25) is 0 Å². The highest BCUT2D eigenvalue weighted by molar-refractivity contribution is 6.30. The molecule has 144 valence electrons. The Morgan fingerprint density at radius 2 is 1.67 bits per heavy atom. The molecule has 0 aromatic heterocycles. The van der Waals surface area contributed by atoms with Gasteiger partial charge in [0.25, 0.3) is 5.91 Å². The fourth-order valence-corrected chi connectivity index (χ4v) is 3.02. The highest BCUT2D eigenvalue weighted by atomic mass is 35.5. The average Bonchev–Trinajstić information content (AvgIpc) is 2.58. The lowest BCUT2D eigenvalue weighted by Gasteiger charge is -2.16. The number of esters is 1.